The Morgan fingerprint density at radius 3 is 2.58 bits per heavy atom. The summed E-state index contributed by atoms with van der Waals surface area (Å²) in [6.45, 7) is 4.16. The van der Waals surface area contributed by atoms with Gasteiger partial charge in [0.2, 0.25) is 0 Å². The molecule has 0 atom stereocenters. The van der Waals surface area contributed by atoms with Crippen LogP contribution in [0.5, 0.6) is 0 Å². The van der Waals surface area contributed by atoms with Crippen molar-refractivity contribution in [3.63, 3.8) is 0 Å². The Kier molecular flexibility index (Phi) is 3.13. The average molecular weight is 318 g/mol. The number of nitrogens with one attached hydrogen (secondary N) is 3. The molecule has 0 saturated carbocycles. The van der Waals surface area contributed by atoms with E-state index in [-0.39, 0.29) is 5.84 Å². The molecular formula is C18H18N6. The number of aryl methyl sites for hydroxylation is 2. The second-order valence-corrected chi connectivity index (χ2v) is 6.17. The van der Waals surface area contributed by atoms with E-state index in [0.29, 0.717) is 12.0 Å². The summed E-state index contributed by atoms with van der Waals surface area (Å²) in [5, 5.41) is 7.52. The summed E-state index contributed by atoms with van der Waals surface area (Å²) >= 11 is 0. The van der Waals surface area contributed by atoms with Crippen molar-refractivity contribution in [2.75, 3.05) is 0 Å². The predicted octanol–water partition coefficient (Wildman–Crippen LogP) is 2.93. The zero-order valence-electron chi connectivity index (χ0n) is 13.6. The van der Waals surface area contributed by atoms with Crippen molar-refractivity contribution in [3.8, 4) is 0 Å². The van der Waals surface area contributed by atoms with Gasteiger partial charge in [0.1, 0.15) is 17.5 Å². The molecule has 6 nitrogen and oxygen atoms in total. The van der Waals surface area contributed by atoms with Gasteiger partial charge in [0.15, 0.2) is 0 Å². The van der Waals surface area contributed by atoms with Gasteiger partial charge < -0.3 is 15.7 Å². The van der Waals surface area contributed by atoms with E-state index in [1.54, 1.807) is 0 Å². The fourth-order valence-electron chi connectivity index (χ4n) is 3.08. The molecule has 4 rings (SSSR count). The Bertz CT molecular complexity index is 1090. The number of rotatable bonds is 3. The molecule has 0 saturated heterocycles. The van der Waals surface area contributed by atoms with Crippen molar-refractivity contribution in [1.82, 2.24) is 19.9 Å². The third kappa shape index (κ3) is 2.42. The Balaban J connectivity index is 1.71. The summed E-state index contributed by atoms with van der Waals surface area (Å²) in [5.74, 6) is 1.76. The highest BCUT2D eigenvalue weighted by atomic mass is 15.0. The summed E-state index contributed by atoms with van der Waals surface area (Å²) in [4.78, 5) is 15.9. The Labute approximate surface area is 138 Å². The van der Waals surface area contributed by atoms with E-state index in [9.17, 15) is 0 Å². The van der Waals surface area contributed by atoms with Crippen molar-refractivity contribution in [3.05, 3.63) is 58.7 Å². The third-order valence-corrected chi connectivity index (χ3v) is 4.15. The molecule has 2 aromatic heterocycles. The summed E-state index contributed by atoms with van der Waals surface area (Å²) < 4.78 is 0. The first-order valence-corrected chi connectivity index (χ1v) is 7.78. The molecule has 2 aromatic carbocycles. The average Bonchev–Trinajstić information content (AvgIpc) is 3.09. The Morgan fingerprint density at radius 2 is 1.79 bits per heavy atom. The lowest BCUT2D eigenvalue weighted by molar-refractivity contribution is 0.960. The Morgan fingerprint density at radius 1 is 1.04 bits per heavy atom. The maximum absolute atomic E-state index is 7.52. The largest absolute Gasteiger partial charge is 0.384 e. The molecule has 120 valence electrons. The monoisotopic (exact) mass is 318 g/mol. The van der Waals surface area contributed by atoms with Crippen LogP contribution in [0.3, 0.4) is 0 Å². The molecule has 0 amide bonds. The van der Waals surface area contributed by atoms with E-state index in [4.69, 9.17) is 16.1 Å². The third-order valence-electron chi connectivity index (χ3n) is 4.15. The fraction of sp³-hybridized carbons (Fsp3) is 0.167. The van der Waals surface area contributed by atoms with Crippen molar-refractivity contribution < 1.29 is 0 Å². The van der Waals surface area contributed by atoms with Gasteiger partial charge in [-0.15, -0.1) is 0 Å². The first-order valence-electron chi connectivity index (χ1n) is 7.78. The van der Waals surface area contributed by atoms with Crippen LogP contribution < -0.4 is 5.73 Å². The molecule has 4 aromatic rings. The van der Waals surface area contributed by atoms with Crippen LogP contribution in [0, 0.1) is 19.3 Å². The van der Waals surface area contributed by atoms with Crippen LogP contribution in [-0.2, 0) is 6.42 Å². The van der Waals surface area contributed by atoms with Crippen molar-refractivity contribution >= 4 is 27.9 Å². The van der Waals surface area contributed by atoms with Crippen LogP contribution in [0.2, 0.25) is 0 Å². The van der Waals surface area contributed by atoms with Gasteiger partial charge in [-0.05, 0) is 49.2 Å². The lowest BCUT2D eigenvalue weighted by Gasteiger charge is -1.96. The first kappa shape index (κ1) is 14.4. The molecule has 0 aliphatic rings. The number of nitrogen functional groups attached to an aromatic ring is 1. The molecule has 0 spiro atoms. The summed E-state index contributed by atoms with van der Waals surface area (Å²) in [7, 11) is 0. The quantitative estimate of drug-likeness (QED) is 0.344. The number of amidine groups is 1. The maximum atomic E-state index is 7.52. The SMILES string of the molecule is Cc1cc(C)c2nc(Cc3nc4ccc(C(=N)N)cc4[nH]3)[nH]c2c1. The number of nitrogens with zero attached hydrogens (tertiary/aromatic N) is 2. The van der Waals surface area contributed by atoms with Gasteiger partial charge in [0.05, 0.1) is 28.5 Å². The van der Waals surface area contributed by atoms with E-state index in [2.05, 4.69) is 40.9 Å². The first-order chi connectivity index (χ1) is 11.5. The molecule has 5 N–H and O–H groups in total. The van der Waals surface area contributed by atoms with Crippen LogP contribution in [-0.4, -0.2) is 25.8 Å². The number of imidazole rings is 2. The van der Waals surface area contributed by atoms with E-state index >= 15 is 0 Å². The Hall–Kier alpha value is -3.15. The molecular weight excluding hydrogens is 300 g/mol. The van der Waals surface area contributed by atoms with Crippen molar-refractivity contribution in [2.24, 2.45) is 5.73 Å². The number of benzene rings is 2. The van der Waals surface area contributed by atoms with Crippen LogP contribution in [0.25, 0.3) is 22.1 Å². The van der Waals surface area contributed by atoms with Crippen LogP contribution in [0.15, 0.2) is 30.3 Å². The minimum atomic E-state index is 0.0520. The number of hydrogen-bond acceptors (Lipinski definition) is 3. The topological polar surface area (TPSA) is 107 Å². The standard InChI is InChI=1S/C18H18N6/c1-9-5-10(2)17-14(6-9)23-16(24-17)8-15-21-12-4-3-11(18(19)20)7-13(12)22-15/h3-7H,8H2,1-2H3,(H3,19,20)(H,21,22)(H,23,24). The maximum Gasteiger partial charge on any atom is 0.122 e. The second-order valence-electron chi connectivity index (χ2n) is 6.17. The second kappa shape index (κ2) is 5.19. The van der Waals surface area contributed by atoms with Gasteiger partial charge in [-0.1, -0.05) is 6.07 Å². The van der Waals surface area contributed by atoms with Gasteiger partial charge in [0.25, 0.3) is 0 Å². The number of aromatic amines is 2. The number of aromatic nitrogens is 4. The normalized spacial score (nSPS) is 11.4. The van der Waals surface area contributed by atoms with Crippen LogP contribution >= 0.6 is 0 Å². The molecule has 24 heavy (non-hydrogen) atoms. The number of hydrogen-bond donors (Lipinski definition) is 4. The van der Waals surface area contributed by atoms with Gasteiger partial charge in [-0.3, -0.25) is 5.41 Å². The minimum absolute atomic E-state index is 0.0520. The number of fused-ring (bicyclic) bond motifs is 2. The highest BCUT2D eigenvalue weighted by Gasteiger charge is 2.10. The van der Waals surface area contributed by atoms with E-state index in [1.807, 2.05) is 18.2 Å². The molecule has 0 aliphatic heterocycles. The van der Waals surface area contributed by atoms with Crippen LogP contribution in [0.4, 0.5) is 0 Å². The molecule has 0 unspecified atom stereocenters. The molecule has 0 radical (unpaired) electrons. The molecule has 6 heteroatoms. The summed E-state index contributed by atoms with van der Waals surface area (Å²) in [6, 6.07) is 9.77. The van der Waals surface area contributed by atoms with Crippen molar-refractivity contribution in [1.29, 1.82) is 5.41 Å². The van der Waals surface area contributed by atoms with Gasteiger partial charge in [-0.2, -0.15) is 0 Å². The number of nitrogens with two attached hydrogens (primary N) is 1. The van der Waals surface area contributed by atoms with Gasteiger partial charge in [-0.25, -0.2) is 9.97 Å². The lowest BCUT2D eigenvalue weighted by Crippen LogP contribution is -2.10. The van der Waals surface area contributed by atoms with Gasteiger partial charge >= 0.3 is 0 Å². The molecule has 0 fully saturated rings. The highest BCUT2D eigenvalue weighted by molar-refractivity contribution is 5.97. The van der Waals surface area contributed by atoms with E-state index in [0.717, 1.165) is 33.7 Å². The predicted molar refractivity (Wildman–Crippen MR) is 95.5 cm³/mol. The lowest BCUT2D eigenvalue weighted by atomic mass is 10.1. The molecule has 2 heterocycles. The summed E-state index contributed by atoms with van der Waals surface area (Å²) in [5.41, 5.74) is 12.4. The van der Waals surface area contributed by atoms with Crippen LogP contribution in [0.1, 0.15) is 28.3 Å². The smallest absolute Gasteiger partial charge is 0.122 e. The molecule has 0 aliphatic carbocycles. The molecule has 0 bridgehead atoms. The summed E-state index contributed by atoms with van der Waals surface area (Å²) in [6.07, 6.45) is 0.594. The van der Waals surface area contributed by atoms with E-state index < -0.39 is 0 Å². The minimum Gasteiger partial charge on any atom is -0.384 e. The van der Waals surface area contributed by atoms with E-state index in [1.165, 1.54) is 11.1 Å². The fourth-order valence-corrected chi connectivity index (χ4v) is 3.08. The zero-order valence-corrected chi connectivity index (χ0v) is 13.6. The van der Waals surface area contributed by atoms with Gasteiger partial charge in [0, 0.05) is 5.56 Å². The van der Waals surface area contributed by atoms with Crippen molar-refractivity contribution in [2.45, 2.75) is 20.3 Å². The number of H-pyrrole nitrogens is 2. The zero-order chi connectivity index (χ0) is 16.8. The highest BCUT2D eigenvalue weighted by Crippen LogP contribution is 2.20.